The predicted molar refractivity (Wildman–Crippen MR) is 252 cm³/mol. The molecule has 0 aromatic rings. The van der Waals surface area contributed by atoms with Crippen molar-refractivity contribution in [3.63, 3.8) is 0 Å². The van der Waals surface area contributed by atoms with E-state index in [0.717, 1.165) is 64.2 Å². The Kier molecular flexibility index (Phi) is 36.9. The van der Waals surface area contributed by atoms with Gasteiger partial charge in [-0.25, -0.2) is 4.57 Å². The summed E-state index contributed by atoms with van der Waals surface area (Å²) in [7, 11) is -5.14. The minimum atomic E-state index is -5.14. The van der Waals surface area contributed by atoms with E-state index in [4.69, 9.17) is 9.05 Å². The van der Waals surface area contributed by atoms with Crippen LogP contribution in [0.4, 0.5) is 0 Å². The minimum Gasteiger partial charge on any atom is -0.393 e. The number of aliphatic hydroxyl groups excluding tert-OH is 7. The molecule has 1 fully saturated rings. The summed E-state index contributed by atoms with van der Waals surface area (Å²) in [5, 5.41) is 74.6. The highest BCUT2D eigenvalue weighted by atomic mass is 31.2. The molecular weight excluding hydrogens is 826 g/mol. The van der Waals surface area contributed by atoms with Gasteiger partial charge in [0.15, 0.2) is 0 Å². The molecule has 0 radical (unpaired) electrons. The van der Waals surface area contributed by atoms with Crippen molar-refractivity contribution in [3.8, 4) is 0 Å². The highest BCUT2D eigenvalue weighted by Gasteiger charge is 2.51. The van der Waals surface area contributed by atoms with Gasteiger partial charge in [-0.2, -0.15) is 0 Å². The molecule has 8 unspecified atom stereocenters. The molecule has 1 amide bonds. The van der Waals surface area contributed by atoms with Crippen LogP contribution in [0, 0.1) is 0 Å². The summed E-state index contributed by atoms with van der Waals surface area (Å²) < 4.78 is 22.9. The quantitative estimate of drug-likeness (QED) is 0.0159. The molecule has 63 heavy (non-hydrogen) atoms. The van der Waals surface area contributed by atoms with Gasteiger partial charge in [-0.15, -0.1) is 0 Å². The van der Waals surface area contributed by atoms with Crippen molar-refractivity contribution >= 4 is 13.7 Å². The Labute approximate surface area is 382 Å². The average Bonchev–Trinajstić information content (AvgIpc) is 3.26. The van der Waals surface area contributed by atoms with Crippen molar-refractivity contribution in [2.75, 3.05) is 6.61 Å². The Balaban J connectivity index is 2.50. The first kappa shape index (κ1) is 59.8. The maximum absolute atomic E-state index is 13.0. The molecule has 14 heteroatoms. The fraction of sp³-hybridized carbons (Fsp3) is 0.898. The third kappa shape index (κ3) is 30.6. The van der Waals surface area contributed by atoms with Gasteiger partial charge in [-0.1, -0.05) is 192 Å². The van der Waals surface area contributed by atoms with Crippen LogP contribution in [0.25, 0.3) is 0 Å². The lowest BCUT2D eigenvalue weighted by Gasteiger charge is -2.41. The fourth-order valence-electron chi connectivity index (χ4n) is 8.12. The van der Waals surface area contributed by atoms with Crippen LogP contribution < -0.4 is 5.32 Å². The SMILES string of the molecule is CCCCCC/C=C\CCCCCCCC(O)CC(=O)NC(COP(=O)(O)OC1C(O)C(O)C(O)C(O)C1O)C(O)/C=C/CCCCCCCCCCCCCCCCCCCC. The molecular formula is C49H94NO12P. The Hall–Kier alpha value is -1.22. The number of hydrogen-bond acceptors (Lipinski definition) is 11. The van der Waals surface area contributed by atoms with Gasteiger partial charge in [-0.05, 0) is 44.9 Å². The monoisotopic (exact) mass is 920 g/mol. The van der Waals surface area contributed by atoms with Crippen molar-refractivity contribution in [2.24, 2.45) is 0 Å². The Morgan fingerprint density at radius 2 is 0.921 bits per heavy atom. The molecule has 8 atom stereocenters. The molecule has 0 bridgehead atoms. The van der Waals surface area contributed by atoms with E-state index >= 15 is 0 Å². The van der Waals surface area contributed by atoms with E-state index < -0.39 is 75.2 Å². The third-order valence-electron chi connectivity index (χ3n) is 12.3. The molecule has 0 aromatic carbocycles. The van der Waals surface area contributed by atoms with E-state index in [1.54, 1.807) is 6.08 Å². The van der Waals surface area contributed by atoms with Crippen LogP contribution in [0.3, 0.4) is 0 Å². The number of aliphatic hydroxyl groups is 7. The average molecular weight is 920 g/mol. The maximum Gasteiger partial charge on any atom is 0.472 e. The maximum atomic E-state index is 13.0. The Morgan fingerprint density at radius 3 is 1.37 bits per heavy atom. The number of phosphoric ester groups is 1. The molecule has 1 aliphatic rings. The van der Waals surface area contributed by atoms with Crippen molar-refractivity contribution in [2.45, 2.75) is 274 Å². The summed E-state index contributed by atoms with van der Waals surface area (Å²) in [5.74, 6) is -0.597. The smallest absolute Gasteiger partial charge is 0.393 e. The number of rotatable bonds is 42. The van der Waals surface area contributed by atoms with Gasteiger partial charge in [0.1, 0.15) is 36.6 Å². The normalized spacial score (nSPS) is 23.0. The van der Waals surface area contributed by atoms with Crippen LogP contribution >= 0.6 is 7.82 Å². The standard InChI is InChI=1S/C49H94NO12P/c1-3-5-7-9-11-13-15-17-18-19-20-21-22-23-25-27-29-31-33-35-37-42(52)41(39-61-63(59,60)62-49-47(57)45(55)44(54)46(56)48(49)58)50-43(53)38-40(51)36-34-32-30-28-26-24-16-14-12-10-8-6-4-2/h14,16,35,37,40-42,44-49,51-52,54-58H,3-13,15,17-34,36,38-39H2,1-2H3,(H,50,53)(H,59,60)/b16-14-,37-35+. The highest BCUT2D eigenvalue weighted by Crippen LogP contribution is 2.47. The van der Waals surface area contributed by atoms with E-state index in [2.05, 4.69) is 31.3 Å². The van der Waals surface area contributed by atoms with Crippen LogP contribution in [-0.2, 0) is 18.4 Å². The molecule has 9 N–H and O–H groups in total. The molecule has 0 heterocycles. The molecule has 1 saturated carbocycles. The lowest BCUT2D eigenvalue weighted by molar-refractivity contribution is -0.220. The van der Waals surface area contributed by atoms with E-state index in [1.165, 1.54) is 128 Å². The summed E-state index contributed by atoms with van der Waals surface area (Å²) in [6.07, 6.45) is 29.7. The zero-order valence-electron chi connectivity index (χ0n) is 39.5. The number of phosphoric acid groups is 1. The summed E-state index contributed by atoms with van der Waals surface area (Å²) in [6.45, 7) is 3.74. The summed E-state index contributed by atoms with van der Waals surface area (Å²) in [4.78, 5) is 23.5. The van der Waals surface area contributed by atoms with Crippen molar-refractivity contribution < 1.29 is 59.0 Å². The number of carbonyl (C=O) groups excluding carboxylic acids is 1. The van der Waals surface area contributed by atoms with Crippen molar-refractivity contribution in [3.05, 3.63) is 24.3 Å². The van der Waals surface area contributed by atoms with Gasteiger partial charge in [-0.3, -0.25) is 13.8 Å². The van der Waals surface area contributed by atoms with Crippen LogP contribution in [0.5, 0.6) is 0 Å². The second-order valence-electron chi connectivity index (χ2n) is 18.2. The van der Waals surface area contributed by atoms with E-state index in [0.29, 0.717) is 12.8 Å². The first-order valence-electron chi connectivity index (χ1n) is 25.4. The molecule has 372 valence electrons. The molecule has 0 aromatic heterocycles. The lowest BCUT2D eigenvalue weighted by atomic mass is 9.85. The zero-order valence-corrected chi connectivity index (χ0v) is 40.4. The molecule has 0 aliphatic heterocycles. The van der Waals surface area contributed by atoms with Crippen molar-refractivity contribution in [1.29, 1.82) is 0 Å². The molecule has 13 nitrogen and oxygen atoms in total. The van der Waals surface area contributed by atoms with Crippen molar-refractivity contribution in [1.82, 2.24) is 5.32 Å². The second kappa shape index (κ2) is 38.8. The number of nitrogens with one attached hydrogen (secondary N) is 1. The number of hydrogen-bond donors (Lipinski definition) is 9. The fourth-order valence-corrected chi connectivity index (χ4v) is 9.09. The van der Waals surface area contributed by atoms with Gasteiger partial charge < -0.3 is 46.0 Å². The van der Waals surface area contributed by atoms with Gasteiger partial charge in [0.25, 0.3) is 0 Å². The Bertz CT molecular complexity index is 1180. The topological polar surface area (TPSA) is 226 Å². The van der Waals surface area contributed by atoms with Gasteiger partial charge >= 0.3 is 7.82 Å². The second-order valence-corrected chi connectivity index (χ2v) is 19.6. The molecule has 0 saturated heterocycles. The number of carbonyl (C=O) groups is 1. The predicted octanol–water partition coefficient (Wildman–Crippen LogP) is 9.15. The van der Waals surface area contributed by atoms with Crippen LogP contribution in [0.1, 0.15) is 219 Å². The Morgan fingerprint density at radius 1 is 0.556 bits per heavy atom. The number of allylic oxidation sites excluding steroid dienone is 3. The highest BCUT2D eigenvalue weighted by molar-refractivity contribution is 7.47. The molecule has 1 rings (SSSR count). The number of unbranched alkanes of at least 4 members (excludes halogenated alkanes) is 27. The van der Waals surface area contributed by atoms with Gasteiger partial charge in [0.2, 0.25) is 5.91 Å². The molecule has 1 aliphatic carbocycles. The van der Waals surface area contributed by atoms with E-state index in [1.807, 2.05) is 0 Å². The van der Waals surface area contributed by atoms with Gasteiger partial charge in [0, 0.05) is 0 Å². The zero-order chi connectivity index (χ0) is 46.6. The van der Waals surface area contributed by atoms with Gasteiger partial charge in [0.05, 0.1) is 31.3 Å². The van der Waals surface area contributed by atoms with E-state index in [-0.39, 0.29) is 6.42 Å². The summed E-state index contributed by atoms with van der Waals surface area (Å²) in [6, 6.07) is -1.24. The first-order chi connectivity index (χ1) is 30.3. The third-order valence-corrected chi connectivity index (χ3v) is 13.3. The molecule has 0 spiro atoms. The largest absolute Gasteiger partial charge is 0.472 e. The lowest BCUT2D eigenvalue weighted by Crippen LogP contribution is -2.64. The minimum absolute atomic E-state index is 0.249. The van der Waals surface area contributed by atoms with Crippen LogP contribution in [-0.4, -0.2) is 108 Å². The summed E-state index contributed by atoms with van der Waals surface area (Å²) >= 11 is 0. The first-order valence-corrected chi connectivity index (χ1v) is 26.9. The number of amides is 1. The van der Waals surface area contributed by atoms with Crippen LogP contribution in [0.2, 0.25) is 0 Å². The summed E-state index contributed by atoms with van der Waals surface area (Å²) in [5.41, 5.74) is 0. The van der Waals surface area contributed by atoms with E-state index in [9.17, 15) is 50.0 Å². The van der Waals surface area contributed by atoms with Crippen LogP contribution in [0.15, 0.2) is 24.3 Å².